The minimum atomic E-state index is -0.422. The quantitative estimate of drug-likeness (QED) is 0.533. The van der Waals surface area contributed by atoms with Crippen LogP contribution in [0.5, 0.6) is 0 Å². The lowest BCUT2D eigenvalue weighted by Gasteiger charge is -2.32. The molecule has 5 heterocycles. The van der Waals surface area contributed by atoms with Crippen LogP contribution in [0.15, 0.2) is 35.1 Å². The van der Waals surface area contributed by atoms with Crippen molar-refractivity contribution in [3.8, 4) is 0 Å². The molecule has 4 aromatic rings. The molecule has 9 nitrogen and oxygen atoms in total. The molecule has 1 atom stereocenters. The standard InChI is InChI=1S/C23H25N7O2/c1-23(2,3)22-27-26-20(32-22)21(31)29-10-8-15-18(25-12-24-15)19(29)16-11-17-14(13-6-7-13)5-4-9-30(17)28-16/h4-5,9,11-13,19H,6-8,10H2,1-3H3,(H,24,25). The molecule has 9 heteroatoms. The van der Waals surface area contributed by atoms with Crippen molar-refractivity contribution in [3.05, 3.63) is 65.1 Å². The Hall–Kier alpha value is -3.49. The molecular weight excluding hydrogens is 406 g/mol. The molecule has 1 aliphatic heterocycles. The van der Waals surface area contributed by atoms with Gasteiger partial charge in [0.1, 0.15) is 6.04 Å². The lowest BCUT2D eigenvalue weighted by Crippen LogP contribution is -2.41. The fourth-order valence-corrected chi connectivity index (χ4v) is 4.46. The van der Waals surface area contributed by atoms with E-state index in [1.165, 1.54) is 18.4 Å². The maximum atomic E-state index is 13.5. The number of H-pyrrole nitrogens is 1. The van der Waals surface area contributed by atoms with Gasteiger partial charge >= 0.3 is 11.8 Å². The lowest BCUT2D eigenvalue weighted by atomic mass is 9.97. The first-order valence-corrected chi connectivity index (χ1v) is 11.1. The zero-order chi connectivity index (χ0) is 22.0. The van der Waals surface area contributed by atoms with Gasteiger partial charge in [0.05, 0.1) is 23.2 Å². The fraction of sp³-hybridized carbons (Fsp3) is 0.435. The van der Waals surface area contributed by atoms with Gasteiger partial charge in [0.2, 0.25) is 5.89 Å². The van der Waals surface area contributed by atoms with Gasteiger partial charge in [-0.2, -0.15) is 5.10 Å². The molecule has 1 unspecified atom stereocenters. The van der Waals surface area contributed by atoms with E-state index in [9.17, 15) is 4.79 Å². The molecule has 1 N–H and O–H groups in total. The number of aromatic nitrogens is 6. The van der Waals surface area contributed by atoms with E-state index in [-0.39, 0.29) is 17.2 Å². The molecular formula is C23H25N7O2. The van der Waals surface area contributed by atoms with Gasteiger partial charge in [0.25, 0.3) is 0 Å². The van der Waals surface area contributed by atoms with Crippen molar-refractivity contribution >= 4 is 11.4 Å². The molecule has 0 saturated heterocycles. The van der Waals surface area contributed by atoms with E-state index in [1.54, 1.807) is 11.2 Å². The Morgan fingerprint density at radius 1 is 1.25 bits per heavy atom. The second kappa shape index (κ2) is 6.75. The van der Waals surface area contributed by atoms with E-state index in [0.29, 0.717) is 24.8 Å². The highest BCUT2D eigenvalue weighted by atomic mass is 16.4. The number of aromatic amines is 1. The molecule has 32 heavy (non-hydrogen) atoms. The monoisotopic (exact) mass is 431 g/mol. The van der Waals surface area contributed by atoms with Gasteiger partial charge in [-0.05, 0) is 36.5 Å². The summed E-state index contributed by atoms with van der Waals surface area (Å²) in [5.41, 5.74) is 4.70. The van der Waals surface area contributed by atoms with Crippen LogP contribution in [-0.2, 0) is 11.8 Å². The summed E-state index contributed by atoms with van der Waals surface area (Å²) in [6, 6.07) is 5.88. The Morgan fingerprint density at radius 2 is 2.09 bits per heavy atom. The maximum Gasteiger partial charge on any atom is 0.312 e. The van der Waals surface area contributed by atoms with E-state index in [4.69, 9.17) is 9.52 Å². The van der Waals surface area contributed by atoms with E-state index < -0.39 is 6.04 Å². The summed E-state index contributed by atoms with van der Waals surface area (Å²) in [5, 5.41) is 13.0. The highest BCUT2D eigenvalue weighted by Gasteiger charge is 2.39. The van der Waals surface area contributed by atoms with Crippen LogP contribution in [0.3, 0.4) is 0 Å². The summed E-state index contributed by atoms with van der Waals surface area (Å²) in [6.45, 7) is 6.43. The van der Waals surface area contributed by atoms with Crippen molar-refractivity contribution in [2.45, 2.75) is 57.4 Å². The summed E-state index contributed by atoms with van der Waals surface area (Å²) < 4.78 is 7.68. The lowest BCUT2D eigenvalue weighted by molar-refractivity contribution is 0.0642. The van der Waals surface area contributed by atoms with Crippen LogP contribution in [0.4, 0.5) is 0 Å². The Balaban J connectivity index is 1.43. The molecule has 0 bridgehead atoms. The maximum absolute atomic E-state index is 13.5. The summed E-state index contributed by atoms with van der Waals surface area (Å²) in [4.78, 5) is 23.0. The second-order valence-corrected chi connectivity index (χ2v) is 9.72. The number of carbonyl (C=O) groups is 1. The SMILES string of the molecule is CC(C)(C)c1nnc(C(=O)N2CCc3[nH]cnc3C2c2cc3c(C4CC4)cccn3n2)o1. The molecule has 2 aliphatic rings. The largest absolute Gasteiger partial charge is 0.416 e. The number of pyridine rings is 1. The number of nitrogens with one attached hydrogen (secondary N) is 1. The van der Waals surface area contributed by atoms with E-state index in [1.807, 2.05) is 37.5 Å². The van der Waals surface area contributed by atoms with Gasteiger partial charge in [-0.25, -0.2) is 9.50 Å². The molecule has 0 spiro atoms. The van der Waals surface area contributed by atoms with Gasteiger partial charge in [-0.3, -0.25) is 4.79 Å². The Bertz CT molecular complexity index is 1320. The first kappa shape index (κ1) is 19.2. The molecule has 1 fully saturated rings. The zero-order valence-corrected chi connectivity index (χ0v) is 18.4. The number of nitrogens with zero attached hydrogens (tertiary/aromatic N) is 6. The van der Waals surface area contributed by atoms with Crippen molar-refractivity contribution in [3.63, 3.8) is 0 Å². The molecule has 1 saturated carbocycles. The van der Waals surface area contributed by atoms with E-state index >= 15 is 0 Å². The smallest absolute Gasteiger partial charge is 0.312 e. The number of rotatable bonds is 3. The molecule has 6 rings (SSSR count). The zero-order valence-electron chi connectivity index (χ0n) is 18.4. The van der Waals surface area contributed by atoms with Crippen molar-refractivity contribution < 1.29 is 9.21 Å². The summed E-state index contributed by atoms with van der Waals surface area (Å²) in [6.07, 6.45) is 6.74. The van der Waals surface area contributed by atoms with Crippen LogP contribution in [0.25, 0.3) is 5.52 Å². The summed E-state index contributed by atoms with van der Waals surface area (Å²) >= 11 is 0. The molecule has 1 aliphatic carbocycles. The Labute approximate surface area is 184 Å². The number of hydrogen-bond acceptors (Lipinski definition) is 6. The average Bonchev–Trinajstić information content (AvgIpc) is 3.18. The topological polar surface area (TPSA) is 105 Å². The van der Waals surface area contributed by atoms with Crippen LogP contribution in [0.1, 0.15) is 84.8 Å². The number of fused-ring (bicyclic) bond motifs is 2. The highest BCUT2D eigenvalue weighted by Crippen LogP contribution is 2.43. The molecule has 0 aromatic carbocycles. The predicted octanol–water partition coefficient (Wildman–Crippen LogP) is 3.40. The van der Waals surface area contributed by atoms with Crippen molar-refractivity contribution in [1.29, 1.82) is 0 Å². The van der Waals surface area contributed by atoms with E-state index in [0.717, 1.165) is 22.6 Å². The second-order valence-electron chi connectivity index (χ2n) is 9.72. The van der Waals surface area contributed by atoms with Crippen LogP contribution < -0.4 is 0 Å². The Morgan fingerprint density at radius 3 is 2.84 bits per heavy atom. The van der Waals surface area contributed by atoms with Gasteiger partial charge in [-0.15, -0.1) is 10.2 Å². The third kappa shape index (κ3) is 3.03. The molecule has 1 amide bonds. The summed E-state index contributed by atoms with van der Waals surface area (Å²) in [5.74, 6) is 0.742. The normalized spacial score (nSPS) is 18.8. The third-order valence-corrected chi connectivity index (χ3v) is 6.29. The first-order chi connectivity index (χ1) is 15.4. The van der Waals surface area contributed by atoms with Crippen molar-refractivity contribution in [2.24, 2.45) is 0 Å². The van der Waals surface area contributed by atoms with Crippen molar-refractivity contribution in [2.75, 3.05) is 6.54 Å². The number of carbonyl (C=O) groups excluding carboxylic acids is 1. The fourth-order valence-electron chi connectivity index (χ4n) is 4.46. The first-order valence-electron chi connectivity index (χ1n) is 11.1. The van der Waals surface area contributed by atoms with Gasteiger partial charge in [-0.1, -0.05) is 26.8 Å². The predicted molar refractivity (Wildman–Crippen MR) is 115 cm³/mol. The molecule has 4 aromatic heterocycles. The van der Waals surface area contributed by atoms with Gasteiger partial charge in [0.15, 0.2) is 0 Å². The van der Waals surface area contributed by atoms with Crippen LogP contribution >= 0.6 is 0 Å². The van der Waals surface area contributed by atoms with E-state index in [2.05, 4.69) is 32.3 Å². The average molecular weight is 432 g/mol. The third-order valence-electron chi connectivity index (χ3n) is 6.29. The molecule has 0 radical (unpaired) electrons. The summed E-state index contributed by atoms with van der Waals surface area (Å²) in [7, 11) is 0. The van der Waals surface area contributed by atoms with Gasteiger partial charge in [0, 0.05) is 30.3 Å². The number of hydrogen-bond donors (Lipinski definition) is 1. The van der Waals surface area contributed by atoms with Crippen LogP contribution in [-0.4, -0.2) is 47.1 Å². The number of amides is 1. The van der Waals surface area contributed by atoms with Crippen LogP contribution in [0.2, 0.25) is 0 Å². The minimum Gasteiger partial charge on any atom is -0.416 e. The van der Waals surface area contributed by atoms with Crippen LogP contribution in [0, 0.1) is 0 Å². The van der Waals surface area contributed by atoms with Crippen molar-refractivity contribution in [1.82, 2.24) is 34.7 Å². The Kier molecular flexibility index (Phi) is 4.05. The number of imidazole rings is 1. The van der Waals surface area contributed by atoms with Gasteiger partial charge < -0.3 is 14.3 Å². The minimum absolute atomic E-state index is 0.00124. The molecule has 164 valence electrons. The highest BCUT2D eigenvalue weighted by molar-refractivity contribution is 5.90.